The van der Waals surface area contributed by atoms with E-state index in [2.05, 4.69) is 4.98 Å². The highest BCUT2D eigenvalue weighted by atomic mass is 32.2. The average Bonchev–Trinajstić information content (AvgIpc) is 2.64. The molecule has 7 nitrogen and oxygen atoms in total. The molecule has 2 heterocycles. The van der Waals surface area contributed by atoms with E-state index >= 15 is 0 Å². The largest absolute Gasteiger partial charge is 0.477 e. The van der Waals surface area contributed by atoms with E-state index in [9.17, 15) is 13.2 Å². The number of pyridine rings is 1. The summed E-state index contributed by atoms with van der Waals surface area (Å²) in [6.45, 7) is 2.02. The van der Waals surface area contributed by atoms with Crippen LogP contribution in [0.15, 0.2) is 18.2 Å². The number of carbonyl (C=O) groups is 1. The molecule has 1 aliphatic heterocycles. The minimum absolute atomic E-state index is 0.00767. The van der Waals surface area contributed by atoms with Gasteiger partial charge in [0.2, 0.25) is 10.0 Å². The number of aromatic carboxylic acids is 1. The number of carboxylic acids is 1. The predicted octanol–water partition coefficient (Wildman–Crippen LogP) is 0.252. The third-order valence-corrected chi connectivity index (χ3v) is 4.50. The molecule has 110 valence electrons. The number of aromatic nitrogens is 1. The standard InChI is InChI=1S/C12H17N3O4S/c1-20(18,19)15-7-3-6-14(8-9-15)11-5-2-4-10(13-11)12(16)17/h2,4-5H,3,6-9H2,1H3,(H,16,17). The number of hydrogen-bond acceptors (Lipinski definition) is 5. The summed E-state index contributed by atoms with van der Waals surface area (Å²) in [6, 6.07) is 4.82. The van der Waals surface area contributed by atoms with Gasteiger partial charge in [-0.15, -0.1) is 0 Å². The SMILES string of the molecule is CS(=O)(=O)N1CCCN(c2cccc(C(=O)O)n2)CC1. The van der Waals surface area contributed by atoms with Gasteiger partial charge in [-0.2, -0.15) is 0 Å². The summed E-state index contributed by atoms with van der Waals surface area (Å²) in [5.74, 6) is -0.500. The Morgan fingerprint density at radius 1 is 1.25 bits per heavy atom. The molecular formula is C12H17N3O4S. The first-order valence-electron chi connectivity index (χ1n) is 6.28. The van der Waals surface area contributed by atoms with Gasteiger partial charge in [0.15, 0.2) is 5.69 Å². The summed E-state index contributed by atoms with van der Waals surface area (Å²) in [5.41, 5.74) is -0.00767. The lowest BCUT2D eigenvalue weighted by Crippen LogP contribution is -2.34. The van der Waals surface area contributed by atoms with Crippen LogP contribution in [0, 0.1) is 0 Å². The molecule has 0 unspecified atom stereocenters. The van der Waals surface area contributed by atoms with Crippen LogP contribution in [0.2, 0.25) is 0 Å². The maximum absolute atomic E-state index is 11.5. The summed E-state index contributed by atoms with van der Waals surface area (Å²) < 4.78 is 24.5. The van der Waals surface area contributed by atoms with E-state index in [0.29, 0.717) is 38.4 Å². The van der Waals surface area contributed by atoms with E-state index in [4.69, 9.17) is 5.11 Å². The predicted molar refractivity (Wildman–Crippen MR) is 74.4 cm³/mol. The number of nitrogens with zero attached hydrogens (tertiary/aromatic N) is 3. The summed E-state index contributed by atoms with van der Waals surface area (Å²) in [4.78, 5) is 16.9. The molecule has 0 bridgehead atoms. The van der Waals surface area contributed by atoms with Crippen molar-refractivity contribution in [1.29, 1.82) is 0 Å². The van der Waals surface area contributed by atoms with Gasteiger partial charge in [0.05, 0.1) is 6.26 Å². The Balaban J connectivity index is 2.14. The van der Waals surface area contributed by atoms with E-state index in [1.165, 1.54) is 16.6 Å². The van der Waals surface area contributed by atoms with E-state index in [1.807, 2.05) is 4.90 Å². The molecular weight excluding hydrogens is 282 g/mol. The highest BCUT2D eigenvalue weighted by molar-refractivity contribution is 7.88. The van der Waals surface area contributed by atoms with Crippen molar-refractivity contribution >= 4 is 21.8 Å². The third-order valence-electron chi connectivity index (χ3n) is 3.20. The van der Waals surface area contributed by atoms with Crippen molar-refractivity contribution in [3.8, 4) is 0 Å². The Hall–Kier alpha value is -1.67. The molecule has 0 spiro atoms. The fraction of sp³-hybridized carbons (Fsp3) is 0.500. The first-order chi connectivity index (χ1) is 9.38. The second-order valence-electron chi connectivity index (χ2n) is 4.69. The summed E-state index contributed by atoms with van der Waals surface area (Å²) in [5, 5.41) is 8.94. The maximum atomic E-state index is 11.5. The van der Waals surface area contributed by atoms with Crippen molar-refractivity contribution in [1.82, 2.24) is 9.29 Å². The molecule has 1 aromatic heterocycles. The Morgan fingerprint density at radius 3 is 2.65 bits per heavy atom. The first kappa shape index (κ1) is 14.7. The number of rotatable bonds is 3. The van der Waals surface area contributed by atoms with Gasteiger partial charge in [0.25, 0.3) is 0 Å². The second-order valence-corrected chi connectivity index (χ2v) is 6.67. The van der Waals surface area contributed by atoms with E-state index < -0.39 is 16.0 Å². The summed E-state index contributed by atoms with van der Waals surface area (Å²) in [6.07, 6.45) is 1.89. The fourth-order valence-corrected chi connectivity index (χ4v) is 3.05. The van der Waals surface area contributed by atoms with Crippen LogP contribution in [0.4, 0.5) is 5.82 Å². The Labute approximate surface area is 117 Å². The Morgan fingerprint density at radius 2 is 2.00 bits per heavy atom. The molecule has 1 aliphatic rings. The van der Waals surface area contributed by atoms with Gasteiger partial charge in [-0.25, -0.2) is 22.5 Å². The van der Waals surface area contributed by atoms with Crippen molar-refractivity contribution in [2.24, 2.45) is 0 Å². The normalized spacial score (nSPS) is 17.8. The molecule has 0 aliphatic carbocycles. The van der Waals surface area contributed by atoms with Gasteiger partial charge in [-0.05, 0) is 18.6 Å². The molecule has 0 atom stereocenters. The third kappa shape index (κ3) is 3.45. The highest BCUT2D eigenvalue weighted by Crippen LogP contribution is 2.15. The number of sulfonamides is 1. The molecule has 1 N–H and O–H groups in total. The minimum Gasteiger partial charge on any atom is -0.477 e. The fourth-order valence-electron chi connectivity index (χ4n) is 2.17. The van der Waals surface area contributed by atoms with Gasteiger partial charge in [-0.1, -0.05) is 6.07 Å². The lowest BCUT2D eigenvalue weighted by atomic mass is 10.3. The molecule has 0 aromatic carbocycles. The van der Waals surface area contributed by atoms with E-state index in [0.717, 1.165) is 0 Å². The topological polar surface area (TPSA) is 90.8 Å². The molecule has 20 heavy (non-hydrogen) atoms. The first-order valence-corrected chi connectivity index (χ1v) is 8.13. The van der Waals surface area contributed by atoms with Crippen LogP contribution in [-0.2, 0) is 10.0 Å². The smallest absolute Gasteiger partial charge is 0.354 e. The number of anilines is 1. The van der Waals surface area contributed by atoms with Crippen molar-refractivity contribution in [3.05, 3.63) is 23.9 Å². The molecule has 2 rings (SSSR count). The molecule has 1 saturated heterocycles. The Bertz CT molecular complexity index is 602. The quantitative estimate of drug-likeness (QED) is 0.860. The average molecular weight is 299 g/mol. The second kappa shape index (κ2) is 5.76. The van der Waals surface area contributed by atoms with Gasteiger partial charge >= 0.3 is 5.97 Å². The van der Waals surface area contributed by atoms with Gasteiger partial charge in [-0.3, -0.25) is 0 Å². The molecule has 8 heteroatoms. The minimum atomic E-state index is -3.18. The zero-order valence-electron chi connectivity index (χ0n) is 11.2. The molecule has 0 saturated carbocycles. The maximum Gasteiger partial charge on any atom is 0.354 e. The van der Waals surface area contributed by atoms with Gasteiger partial charge in [0, 0.05) is 26.2 Å². The van der Waals surface area contributed by atoms with Crippen LogP contribution in [0.1, 0.15) is 16.9 Å². The molecule has 0 radical (unpaired) electrons. The Kier molecular flexibility index (Phi) is 4.24. The zero-order valence-corrected chi connectivity index (χ0v) is 12.0. The van der Waals surface area contributed by atoms with Crippen molar-refractivity contribution < 1.29 is 18.3 Å². The number of hydrogen-bond donors (Lipinski definition) is 1. The molecule has 1 fully saturated rings. The van der Waals surface area contributed by atoms with Crippen LogP contribution < -0.4 is 4.90 Å². The summed E-state index contributed by atoms with van der Waals surface area (Å²) >= 11 is 0. The van der Waals surface area contributed by atoms with Gasteiger partial charge in [0.1, 0.15) is 5.82 Å². The van der Waals surface area contributed by atoms with Crippen LogP contribution in [-0.4, -0.2) is 61.2 Å². The summed E-state index contributed by atoms with van der Waals surface area (Å²) in [7, 11) is -3.18. The van der Waals surface area contributed by atoms with Gasteiger partial charge < -0.3 is 10.0 Å². The lowest BCUT2D eigenvalue weighted by Gasteiger charge is -2.22. The zero-order chi connectivity index (χ0) is 14.8. The van der Waals surface area contributed by atoms with E-state index in [-0.39, 0.29) is 5.69 Å². The molecule has 0 amide bonds. The molecule has 1 aromatic rings. The van der Waals surface area contributed by atoms with E-state index in [1.54, 1.807) is 12.1 Å². The lowest BCUT2D eigenvalue weighted by molar-refractivity contribution is 0.0690. The number of carboxylic acid groups (broad SMARTS) is 1. The van der Waals surface area contributed by atoms with Crippen molar-refractivity contribution in [2.75, 3.05) is 37.3 Å². The highest BCUT2D eigenvalue weighted by Gasteiger charge is 2.22. The van der Waals surface area contributed by atoms with Crippen molar-refractivity contribution in [2.45, 2.75) is 6.42 Å². The monoisotopic (exact) mass is 299 g/mol. The van der Waals surface area contributed by atoms with Crippen molar-refractivity contribution in [3.63, 3.8) is 0 Å². The van der Waals surface area contributed by atoms with Crippen LogP contribution >= 0.6 is 0 Å². The van der Waals surface area contributed by atoms with Crippen LogP contribution in [0.5, 0.6) is 0 Å². The van der Waals surface area contributed by atoms with Crippen LogP contribution in [0.3, 0.4) is 0 Å². The van der Waals surface area contributed by atoms with Crippen LogP contribution in [0.25, 0.3) is 0 Å².